The van der Waals surface area contributed by atoms with Crippen LogP contribution in [0.2, 0.25) is 0 Å². The van der Waals surface area contributed by atoms with E-state index in [2.05, 4.69) is 15.0 Å². The summed E-state index contributed by atoms with van der Waals surface area (Å²) in [7, 11) is 1.32. The van der Waals surface area contributed by atoms with Gasteiger partial charge in [-0.1, -0.05) is 30.3 Å². The molecule has 0 aliphatic rings. The van der Waals surface area contributed by atoms with Crippen molar-refractivity contribution in [3.8, 4) is 11.3 Å². The minimum absolute atomic E-state index is 0.322. The molecule has 7 heteroatoms. The van der Waals surface area contributed by atoms with Crippen molar-refractivity contribution in [3.63, 3.8) is 0 Å². The minimum atomic E-state index is -0.433. The quantitative estimate of drug-likeness (QED) is 0.486. The summed E-state index contributed by atoms with van der Waals surface area (Å²) in [4.78, 5) is 30.0. The average Bonchev–Trinajstić information content (AvgIpc) is 3.10. The Morgan fingerprint density at radius 3 is 2.41 bits per heavy atom. The molecule has 0 unspecified atom stereocenters. The van der Waals surface area contributed by atoms with Crippen molar-refractivity contribution in [3.05, 3.63) is 77.2 Å². The summed E-state index contributed by atoms with van der Waals surface area (Å²) in [6, 6.07) is 20.1. The molecular weight excluding hydrogens is 386 g/mol. The highest BCUT2D eigenvalue weighted by Crippen LogP contribution is 2.34. The van der Waals surface area contributed by atoms with E-state index in [9.17, 15) is 9.59 Å². The highest BCUT2D eigenvalue weighted by molar-refractivity contribution is 7.21. The van der Waals surface area contributed by atoms with Gasteiger partial charge in [-0.25, -0.2) is 9.78 Å². The maximum absolute atomic E-state index is 12.7. The highest BCUT2D eigenvalue weighted by Gasteiger charge is 2.18. The number of carbonyl (C=O) groups excluding carboxylic acids is 2. The van der Waals surface area contributed by atoms with Crippen molar-refractivity contribution in [2.45, 2.75) is 0 Å². The van der Waals surface area contributed by atoms with Gasteiger partial charge in [-0.3, -0.25) is 4.79 Å². The van der Waals surface area contributed by atoms with Crippen LogP contribution in [0.4, 0.5) is 11.4 Å². The molecule has 3 N–H and O–H groups in total. The number of aromatic nitrogens is 1. The molecule has 0 radical (unpaired) electrons. The van der Waals surface area contributed by atoms with Gasteiger partial charge in [0.15, 0.2) is 0 Å². The van der Waals surface area contributed by atoms with Crippen molar-refractivity contribution in [1.29, 1.82) is 0 Å². The fourth-order valence-electron chi connectivity index (χ4n) is 2.93. The standard InChI is InChI=1S/C22H17N3O3S/c1-28-22(27)14-7-9-15(10-8-14)24-20(26)19-18(23)16-11-12-17(25-21(16)29-19)13-5-3-2-4-6-13/h2-12H,23H2,1H3,(H,24,26). The molecule has 144 valence electrons. The van der Waals surface area contributed by atoms with E-state index in [-0.39, 0.29) is 5.91 Å². The van der Waals surface area contributed by atoms with Gasteiger partial charge in [0.05, 0.1) is 24.1 Å². The largest absolute Gasteiger partial charge is 0.465 e. The summed E-state index contributed by atoms with van der Waals surface area (Å²) in [5.41, 5.74) is 9.40. The molecule has 0 fully saturated rings. The van der Waals surface area contributed by atoms with Crippen molar-refractivity contribution in [2.75, 3.05) is 18.2 Å². The van der Waals surface area contributed by atoms with E-state index >= 15 is 0 Å². The number of nitrogens with two attached hydrogens (primary N) is 1. The van der Waals surface area contributed by atoms with Crippen LogP contribution in [0.1, 0.15) is 20.0 Å². The number of anilines is 2. The third-order valence-electron chi connectivity index (χ3n) is 4.43. The first-order valence-electron chi connectivity index (χ1n) is 8.81. The number of nitrogen functional groups attached to an aromatic ring is 1. The molecule has 4 rings (SSSR count). The lowest BCUT2D eigenvalue weighted by Gasteiger charge is -2.05. The Bertz CT molecular complexity index is 1200. The van der Waals surface area contributed by atoms with Gasteiger partial charge in [0.25, 0.3) is 5.91 Å². The molecule has 2 aromatic carbocycles. The second kappa shape index (κ2) is 7.73. The number of hydrogen-bond acceptors (Lipinski definition) is 6. The predicted octanol–water partition coefficient (Wildman–Crippen LogP) is 4.58. The Morgan fingerprint density at radius 2 is 1.72 bits per heavy atom. The molecule has 2 heterocycles. The minimum Gasteiger partial charge on any atom is -0.465 e. The van der Waals surface area contributed by atoms with Gasteiger partial charge in [0.1, 0.15) is 9.71 Å². The predicted molar refractivity (Wildman–Crippen MR) is 115 cm³/mol. The monoisotopic (exact) mass is 403 g/mol. The molecule has 6 nitrogen and oxygen atoms in total. The van der Waals surface area contributed by atoms with Crippen molar-refractivity contribution < 1.29 is 14.3 Å². The van der Waals surface area contributed by atoms with Crippen LogP contribution in [0.5, 0.6) is 0 Å². The summed E-state index contributed by atoms with van der Waals surface area (Å²) in [5.74, 6) is -0.755. The number of fused-ring (bicyclic) bond motifs is 1. The number of pyridine rings is 1. The van der Waals surface area contributed by atoms with Crippen LogP contribution in [0.3, 0.4) is 0 Å². The van der Waals surface area contributed by atoms with E-state index in [0.717, 1.165) is 16.6 Å². The lowest BCUT2D eigenvalue weighted by atomic mass is 10.1. The molecule has 0 bridgehead atoms. The SMILES string of the molecule is COC(=O)c1ccc(NC(=O)c2sc3nc(-c4ccccc4)ccc3c2N)cc1. The molecule has 1 amide bonds. The molecule has 0 saturated heterocycles. The number of ether oxygens (including phenoxy) is 1. The molecule has 0 aliphatic carbocycles. The molecule has 0 spiro atoms. The lowest BCUT2D eigenvalue weighted by molar-refractivity contribution is 0.0600. The first-order chi connectivity index (χ1) is 14.1. The fourth-order valence-corrected chi connectivity index (χ4v) is 3.92. The number of esters is 1. The number of hydrogen-bond donors (Lipinski definition) is 2. The topological polar surface area (TPSA) is 94.3 Å². The Kier molecular flexibility index (Phi) is 4.97. The van der Waals surface area contributed by atoms with Gasteiger partial charge >= 0.3 is 5.97 Å². The average molecular weight is 403 g/mol. The number of amides is 1. The summed E-state index contributed by atoms with van der Waals surface area (Å²) in [6.45, 7) is 0. The lowest BCUT2D eigenvalue weighted by Crippen LogP contribution is -2.12. The molecule has 29 heavy (non-hydrogen) atoms. The normalized spacial score (nSPS) is 10.7. The number of nitrogens with zero attached hydrogens (tertiary/aromatic N) is 1. The van der Waals surface area contributed by atoms with Crippen LogP contribution in [0.15, 0.2) is 66.7 Å². The molecule has 0 atom stereocenters. The van der Waals surface area contributed by atoms with Gasteiger partial charge in [-0.15, -0.1) is 11.3 Å². The molecule has 4 aromatic rings. The van der Waals surface area contributed by atoms with Crippen molar-refractivity contribution >= 4 is 44.8 Å². The fraction of sp³-hybridized carbons (Fsp3) is 0.0455. The second-order valence-electron chi connectivity index (χ2n) is 6.28. The Morgan fingerprint density at radius 1 is 1.00 bits per heavy atom. The van der Waals surface area contributed by atoms with Crippen LogP contribution in [-0.2, 0) is 4.74 Å². The van der Waals surface area contributed by atoms with E-state index in [0.29, 0.717) is 26.6 Å². The summed E-state index contributed by atoms with van der Waals surface area (Å²) in [6.07, 6.45) is 0. The smallest absolute Gasteiger partial charge is 0.337 e. The van der Waals surface area contributed by atoms with Crippen molar-refractivity contribution in [1.82, 2.24) is 4.98 Å². The van der Waals surface area contributed by atoms with Gasteiger partial charge in [-0.2, -0.15) is 0 Å². The van der Waals surface area contributed by atoms with Crippen molar-refractivity contribution in [2.24, 2.45) is 0 Å². The number of benzene rings is 2. The number of methoxy groups -OCH3 is 1. The molecule has 0 saturated carbocycles. The number of thiophene rings is 1. The van der Waals surface area contributed by atoms with E-state index in [4.69, 9.17) is 5.73 Å². The Hall–Kier alpha value is -3.71. The highest BCUT2D eigenvalue weighted by atomic mass is 32.1. The summed E-state index contributed by atoms with van der Waals surface area (Å²) >= 11 is 1.25. The zero-order valence-electron chi connectivity index (χ0n) is 15.5. The zero-order chi connectivity index (χ0) is 20.4. The van der Waals surface area contributed by atoms with Gasteiger partial charge in [-0.05, 0) is 36.4 Å². The maximum Gasteiger partial charge on any atom is 0.337 e. The van der Waals surface area contributed by atoms with Crippen LogP contribution in [-0.4, -0.2) is 24.0 Å². The first-order valence-corrected chi connectivity index (χ1v) is 9.62. The van der Waals surface area contributed by atoms with E-state index in [1.54, 1.807) is 24.3 Å². The van der Waals surface area contributed by atoms with Crippen LogP contribution in [0.25, 0.3) is 21.5 Å². The first kappa shape index (κ1) is 18.6. The van der Waals surface area contributed by atoms with E-state index < -0.39 is 5.97 Å². The maximum atomic E-state index is 12.7. The molecule has 2 aromatic heterocycles. The third kappa shape index (κ3) is 3.68. The number of carbonyl (C=O) groups is 2. The van der Waals surface area contributed by atoms with Crippen LogP contribution >= 0.6 is 11.3 Å². The number of nitrogens with one attached hydrogen (secondary N) is 1. The van der Waals surface area contributed by atoms with Crippen LogP contribution < -0.4 is 11.1 Å². The second-order valence-corrected chi connectivity index (χ2v) is 7.28. The molecular formula is C22H17N3O3S. The summed E-state index contributed by atoms with van der Waals surface area (Å²) < 4.78 is 4.67. The van der Waals surface area contributed by atoms with Gasteiger partial charge < -0.3 is 15.8 Å². The molecule has 0 aliphatic heterocycles. The number of rotatable bonds is 4. The Balaban J connectivity index is 1.60. The Labute approximate surface area is 171 Å². The van der Waals surface area contributed by atoms with Gasteiger partial charge in [0.2, 0.25) is 0 Å². The third-order valence-corrected chi connectivity index (χ3v) is 5.55. The summed E-state index contributed by atoms with van der Waals surface area (Å²) in [5, 5.41) is 3.55. The zero-order valence-corrected chi connectivity index (χ0v) is 16.3. The van der Waals surface area contributed by atoms with Gasteiger partial charge in [0, 0.05) is 16.6 Å². The van der Waals surface area contributed by atoms with E-state index in [1.165, 1.54) is 18.4 Å². The van der Waals surface area contributed by atoms with Crippen LogP contribution in [0, 0.1) is 0 Å². The van der Waals surface area contributed by atoms with E-state index in [1.807, 2.05) is 42.5 Å².